The molecule has 6 nitrogen and oxygen atoms in total. The summed E-state index contributed by atoms with van der Waals surface area (Å²) in [5.41, 5.74) is 1.68. The molecule has 1 unspecified atom stereocenters. The fraction of sp³-hybridized carbons (Fsp3) is 0.316. The van der Waals surface area contributed by atoms with Crippen LogP contribution in [0.4, 0.5) is 0 Å². The largest absolute Gasteiger partial charge is 0.341 e. The molecule has 1 atom stereocenters. The van der Waals surface area contributed by atoms with Gasteiger partial charge in [-0.1, -0.05) is 30.3 Å². The zero-order valence-electron chi connectivity index (χ0n) is 14.6. The fourth-order valence-corrected chi connectivity index (χ4v) is 2.80. The van der Waals surface area contributed by atoms with E-state index in [1.54, 1.807) is 16.9 Å². The molecule has 0 fully saturated rings. The van der Waals surface area contributed by atoms with E-state index in [0.29, 0.717) is 5.69 Å². The molecular weight excluding hydrogens is 314 g/mol. The highest BCUT2D eigenvalue weighted by Crippen LogP contribution is 2.11. The lowest BCUT2D eigenvalue weighted by molar-refractivity contribution is 0.0931. The highest BCUT2D eigenvalue weighted by atomic mass is 16.2. The molecule has 0 aliphatic heterocycles. The highest BCUT2D eigenvalue weighted by molar-refractivity contribution is 5.92. The molecule has 2 aromatic heterocycles. The summed E-state index contributed by atoms with van der Waals surface area (Å²) in [4.78, 5) is 16.7. The zero-order chi connectivity index (χ0) is 17.6. The van der Waals surface area contributed by atoms with Gasteiger partial charge in [0.2, 0.25) is 0 Å². The topological polar surface area (TPSA) is 64.7 Å². The van der Waals surface area contributed by atoms with Crippen molar-refractivity contribution in [2.24, 2.45) is 0 Å². The second kappa shape index (κ2) is 7.79. The van der Waals surface area contributed by atoms with Gasteiger partial charge >= 0.3 is 0 Å². The van der Waals surface area contributed by atoms with Gasteiger partial charge in [0, 0.05) is 31.7 Å². The minimum atomic E-state index is -0.184. The van der Waals surface area contributed by atoms with Crippen LogP contribution in [0, 0.1) is 0 Å². The van der Waals surface area contributed by atoms with E-state index in [2.05, 4.69) is 27.5 Å². The number of amides is 1. The molecule has 1 N–H and O–H groups in total. The van der Waals surface area contributed by atoms with E-state index in [4.69, 9.17) is 0 Å². The second-order valence-electron chi connectivity index (χ2n) is 5.97. The van der Waals surface area contributed by atoms with Crippen LogP contribution in [-0.4, -0.2) is 25.2 Å². The van der Waals surface area contributed by atoms with Crippen LogP contribution in [-0.2, 0) is 19.5 Å². The number of aryl methyl sites for hydroxylation is 3. The number of nitrogens with one attached hydrogen (secondary N) is 1. The van der Waals surface area contributed by atoms with Gasteiger partial charge in [0.1, 0.15) is 11.5 Å². The Kier molecular flexibility index (Phi) is 5.28. The first kappa shape index (κ1) is 17.0. The molecule has 2 heterocycles. The Morgan fingerprint density at radius 2 is 2.00 bits per heavy atom. The van der Waals surface area contributed by atoms with Crippen LogP contribution in [0.3, 0.4) is 0 Å². The lowest BCUT2D eigenvalue weighted by atomic mass is 10.2. The standard InChI is InChI=1S/C19H23N5O/c1-3-23-14-11-20-18(23)15(2)21-19(25)17-10-13-24(22-17)12-9-16-7-5-4-6-8-16/h4-8,10-11,13-15H,3,9,12H2,1-2H3,(H,21,25). The number of carbonyl (C=O) groups excluding carboxylic acids is 1. The quantitative estimate of drug-likeness (QED) is 0.721. The van der Waals surface area contributed by atoms with E-state index < -0.39 is 0 Å². The average Bonchev–Trinajstić information content (AvgIpc) is 3.30. The summed E-state index contributed by atoms with van der Waals surface area (Å²) in [6, 6.07) is 11.8. The number of hydrogen-bond acceptors (Lipinski definition) is 3. The molecule has 0 bridgehead atoms. The number of nitrogens with zero attached hydrogens (tertiary/aromatic N) is 4. The van der Waals surface area contributed by atoms with E-state index in [0.717, 1.165) is 25.3 Å². The van der Waals surface area contributed by atoms with Crippen molar-refractivity contribution < 1.29 is 4.79 Å². The number of carbonyl (C=O) groups is 1. The third-order valence-electron chi connectivity index (χ3n) is 4.17. The van der Waals surface area contributed by atoms with Gasteiger partial charge in [0.25, 0.3) is 5.91 Å². The molecule has 6 heteroatoms. The first-order valence-electron chi connectivity index (χ1n) is 8.56. The number of imidazole rings is 1. The summed E-state index contributed by atoms with van der Waals surface area (Å²) >= 11 is 0. The summed E-state index contributed by atoms with van der Waals surface area (Å²) in [6.07, 6.45) is 6.39. The lowest BCUT2D eigenvalue weighted by Gasteiger charge is -2.14. The van der Waals surface area contributed by atoms with Gasteiger partial charge in [-0.2, -0.15) is 5.10 Å². The Morgan fingerprint density at radius 1 is 1.20 bits per heavy atom. The van der Waals surface area contributed by atoms with E-state index >= 15 is 0 Å². The van der Waals surface area contributed by atoms with Crippen molar-refractivity contribution in [1.29, 1.82) is 0 Å². The highest BCUT2D eigenvalue weighted by Gasteiger charge is 2.17. The van der Waals surface area contributed by atoms with E-state index in [-0.39, 0.29) is 11.9 Å². The molecule has 0 radical (unpaired) electrons. The van der Waals surface area contributed by atoms with Gasteiger partial charge in [0.05, 0.1) is 6.04 Å². The van der Waals surface area contributed by atoms with E-state index in [9.17, 15) is 4.79 Å². The molecule has 25 heavy (non-hydrogen) atoms. The maximum absolute atomic E-state index is 12.4. The third kappa shape index (κ3) is 4.15. The molecular formula is C19H23N5O. The van der Waals surface area contributed by atoms with E-state index in [1.807, 2.05) is 49.0 Å². The molecule has 0 saturated carbocycles. The van der Waals surface area contributed by atoms with Crippen molar-refractivity contribution in [3.63, 3.8) is 0 Å². The molecule has 130 valence electrons. The van der Waals surface area contributed by atoms with Crippen molar-refractivity contribution in [3.8, 4) is 0 Å². The van der Waals surface area contributed by atoms with Gasteiger partial charge in [-0.25, -0.2) is 4.98 Å². The lowest BCUT2D eigenvalue weighted by Crippen LogP contribution is -2.29. The predicted octanol–water partition coefficient (Wildman–Crippen LogP) is 2.83. The van der Waals surface area contributed by atoms with Crippen molar-refractivity contribution in [2.75, 3.05) is 0 Å². The van der Waals surface area contributed by atoms with Crippen LogP contribution >= 0.6 is 0 Å². The Bertz CT molecular complexity index is 821. The Morgan fingerprint density at radius 3 is 2.76 bits per heavy atom. The van der Waals surface area contributed by atoms with Crippen molar-refractivity contribution in [3.05, 3.63) is 72.1 Å². The van der Waals surface area contributed by atoms with Crippen LogP contribution in [0.25, 0.3) is 0 Å². The SMILES string of the molecule is CCn1ccnc1C(C)NC(=O)c1ccn(CCc2ccccc2)n1. The van der Waals surface area contributed by atoms with Crippen molar-refractivity contribution >= 4 is 5.91 Å². The van der Waals surface area contributed by atoms with Crippen molar-refractivity contribution in [1.82, 2.24) is 24.6 Å². The average molecular weight is 337 g/mol. The summed E-state index contributed by atoms with van der Waals surface area (Å²) < 4.78 is 3.82. The number of rotatable bonds is 7. The van der Waals surface area contributed by atoms with E-state index in [1.165, 1.54) is 5.56 Å². The predicted molar refractivity (Wildman–Crippen MR) is 96.2 cm³/mol. The van der Waals surface area contributed by atoms with Crippen LogP contribution in [0.1, 0.15) is 41.8 Å². The molecule has 0 aliphatic carbocycles. The maximum atomic E-state index is 12.4. The Labute approximate surface area is 147 Å². The minimum Gasteiger partial charge on any atom is -0.341 e. The molecule has 0 aliphatic rings. The summed E-state index contributed by atoms with van der Waals surface area (Å²) in [6.45, 7) is 5.55. The number of benzene rings is 1. The normalized spacial score (nSPS) is 12.1. The van der Waals surface area contributed by atoms with Crippen LogP contribution in [0.15, 0.2) is 55.0 Å². The van der Waals surface area contributed by atoms with Crippen LogP contribution in [0.5, 0.6) is 0 Å². The molecule has 3 aromatic rings. The molecule has 0 spiro atoms. The van der Waals surface area contributed by atoms with Crippen molar-refractivity contribution in [2.45, 2.75) is 39.4 Å². The maximum Gasteiger partial charge on any atom is 0.272 e. The number of hydrogen-bond donors (Lipinski definition) is 1. The second-order valence-corrected chi connectivity index (χ2v) is 5.97. The van der Waals surface area contributed by atoms with Gasteiger partial charge in [-0.3, -0.25) is 9.48 Å². The van der Waals surface area contributed by atoms with Crippen LogP contribution in [0.2, 0.25) is 0 Å². The first-order valence-corrected chi connectivity index (χ1v) is 8.56. The van der Waals surface area contributed by atoms with Gasteiger partial charge in [-0.05, 0) is 31.9 Å². The first-order chi connectivity index (χ1) is 12.2. The smallest absolute Gasteiger partial charge is 0.272 e. The summed E-state index contributed by atoms with van der Waals surface area (Å²) in [7, 11) is 0. The van der Waals surface area contributed by atoms with Crippen LogP contribution < -0.4 is 5.32 Å². The van der Waals surface area contributed by atoms with Gasteiger partial charge in [-0.15, -0.1) is 0 Å². The summed E-state index contributed by atoms with van der Waals surface area (Å²) in [5, 5.41) is 7.34. The zero-order valence-corrected chi connectivity index (χ0v) is 14.6. The molecule has 1 amide bonds. The van der Waals surface area contributed by atoms with Gasteiger partial charge < -0.3 is 9.88 Å². The molecule has 1 aromatic carbocycles. The monoisotopic (exact) mass is 337 g/mol. The Hall–Kier alpha value is -2.89. The molecule has 3 rings (SSSR count). The molecule has 0 saturated heterocycles. The Balaban J connectivity index is 1.59. The fourth-order valence-electron chi connectivity index (χ4n) is 2.80. The minimum absolute atomic E-state index is 0.170. The number of aromatic nitrogens is 4. The van der Waals surface area contributed by atoms with Gasteiger partial charge in [0.15, 0.2) is 0 Å². The summed E-state index contributed by atoms with van der Waals surface area (Å²) in [5.74, 6) is 0.663. The third-order valence-corrected chi connectivity index (χ3v) is 4.17.